The number of H-pyrrole nitrogens is 1. The Balaban J connectivity index is 2.44. The van der Waals surface area contributed by atoms with Crippen molar-refractivity contribution in [2.45, 2.75) is 39.7 Å². The first-order valence-electron chi connectivity index (χ1n) is 6.31. The van der Waals surface area contributed by atoms with E-state index < -0.39 is 0 Å². The molecule has 2 aromatic rings. The highest BCUT2D eigenvalue weighted by Gasteiger charge is 2.22. The predicted molar refractivity (Wildman–Crippen MR) is 72.2 cm³/mol. The number of nitrogens with one attached hydrogen (secondary N) is 2. The van der Waals surface area contributed by atoms with E-state index >= 15 is 0 Å². The molecule has 17 heavy (non-hydrogen) atoms. The van der Waals surface area contributed by atoms with E-state index in [0.717, 1.165) is 29.8 Å². The minimum absolute atomic E-state index is 0.111. The summed E-state index contributed by atoms with van der Waals surface area (Å²) in [7, 11) is 0. The van der Waals surface area contributed by atoms with Crippen LogP contribution in [0.15, 0.2) is 18.2 Å². The van der Waals surface area contributed by atoms with Crippen LogP contribution < -0.4 is 5.32 Å². The average Bonchev–Trinajstić information content (AvgIpc) is 2.72. The van der Waals surface area contributed by atoms with Crippen LogP contribution >= 0.6 is 0 Å². The molecule has 1 aromatic heterocycles. The van der Waals surface area contributed by atoms with Crippen LogP contribution in [0.5, 0.6) is 0 Å². The molecule has 0 atom stereocenters. The second-order valence-electron chi connectivity index (χ2n) is 4.95. The predicted octanol–water partition coefficient (Wildman–Crippen LogP) is 2.97. The van der Waals surface area contributed by atoms with Crippen LogP contribution in [0.3, 0.4) is 0 Å². The van der Waals surface area contributed by atoms with Crippen molar-refractivity contribution in [2.75, 3.05) is 6.54 Å². The lowest BCUT2D eigenvalue weighted by molar-refractivity contribution is 0.395. The maximum absolute atomic E-state index is 4.66. The van der Waals surface area contributed by atoms with Gasteiger partial charge in [0, 0.05) is 0 Å². The molecule has 0 saturated carbocycles. The SMILES string of the molecule is CCNC(C)(C)c1nc2ccc(CC)cc2[nH]1. The summed E-state index contributed by atoms with van der Waals surface area (Å²) in [6, 6.07) is 6.43. The number of hydrogen-bond acceptors (Lipinski definition) is 2. The molecule has 1 heterocycles. The number of aryl methyl sites for hydroxylation is 1. The zero-order valence-corrected chi connectivity index (χ0v) is 11.1. The monoisotopic (exact) mass is 231 g/mol. The Morgan fingerprint density at radius 3 is 2.71 bits per heavy atom. The van der Waals surface area contributed by atoms with E-state index in [1.165, 1.54) is 5.56 Å². The van der Waals surface area contributed by atoms with Gasteiger partial charge in [-0.25, -0.2) is 4.98 Å². The Kier molecular flexibility index (Phi) is 3.20. The smallest absolute Gasteiger partial charge is 0.127 e. The van der Waals surface area contributed by atoms with Crippen LogP contribution in [0.25, 0.3) is 11.0 Å². The molecule has 2 N–H and O–H groups in total. The highest BCUT2D eigenvalue weighted by Crippen LogP contribution is 2.21. The van der Waals surface area contributed by atoms with Crippen LogP contribution in [0.1, 0.15) is 39.1 Å². The van der Waals surface area contributed by atoms with E-state index in [-0.39, 0.29) is 5.54 Å². The van der Waals surface area contributed by atoms with Crippen molar-refractivity contribution in [1.82, 2.24) is 15.3 Å². The van der Waals surface area contributed by atoms with E-state index in [9.17, 15) is 0 Å². The lowest BCUT2D eigenvalue weighted by Gasteiger charge is -2.22. The van der Waals surface area contributed by atoms with Crippen molar-refractivity contribution < 1.29 is 0 Å². The van der Waals surface area contributed by atoms with Gasteiger partial charge in [0.05, 0.1) is 16.6 Å². The normalized spacial score (nSPS) is 12.2. The number of hydrogen-bond donors (Lipinski definition) is 2. The maximum atomic E-state index is 4.66. The summed E-state index contributed by atoms with van der Waals surface area (Å²) in [6.45, 7) is 9.51. The molecule has 0 aliphatic rings. The number of imidazole rings is 1. The summed E-state index contributed by atoms with van der Waals surface area (Å²) in [5.74, 6) is 1.00. The number of aromatic amines is 1. The Morgan fingerprint density at radius 1 is 1.29 bits per heavy atom. The number of aromatic nitrogens is 2. The van der Waals surface area contributed by atoms with Gasteiger partial charge in [-0.2, -0.15) is 0 Å². The summed E-state index contributed by atoms with van der Waals surface area (Å²) in [6.07, 6.45) is 1.06. The van der Waals surface area contributed by atoms with Gasteiger partial charge in [0.2, 0.25) is 0 Å². The van der Waals surface area contributed by atoms with E-state index in [1.54, 1.807) is 0 Å². The highest BCUT2D eigenvalue weighted by molar-refractivity contribution is 5.76. The van der Waals surface area contributed by atoms with Gasteiger partial charge in [-0.05, 0) is 44.5 Å². The largest absolute Gasteiger partial charge is 0.340 e. The second kappa shape index (κ2) is 4.49. The van der Waals surface area contributed by atoms with Crippen molar-refractivity contribution in [2.24, 2.45) is 0 Å². The van der Waals surface area contributed by atoms with Crippen LogP contribution in [0.4, 0.5) is 0 Å². The topological polar surface area (TPSA) is 40.7 Å². The lowest BCUT2D eigenvalue weighted by Crippen LogP contribution is -2.37. The molecule has 0 saturated heterocycles. The molecule has 0 unspecified atom stereocenters. The number of benzene rings is 1. The third-order valence-corrected chi connectivity index (χ3v) is 3.17. The molecule has 92 valence electrons. The van der Waals surface area contributed by atoms with Gasteiger partial charge in [-0.3, -0.25) is 0 Å². The molecule has 0 aliphatic carbocycles. The van der Waals surface area contributed by atoms with E-state index in [2.05, 4.69) is 61.2 Å². The summed E-state index contributed by atoms with van der Waals surface area (Å²) < 4.78 is 0. The third kappa shape index (κ3) is 2.34. The molecule has 3 heteroatoms. The molecular weight excluding hydrogens is 210 g/mol. The minimum Gasteiger partial charge on any atom is -0.340 e. The molecule has 0 bridgehead atoms. The van der Waals surface area contributed by atoms with Crippen molar-refractivity contribution in [3.05, 3.63) is 29.6 Å². The Hall–Kier alpha value is -1.35. The van der Waals surface area contributed by atoms with Crippen molar-refractivity contribution in [3.8, 4) is 0 Å². The lowest BCUT2D eigenvalue weighted by atomic mass is 10.1. The molecule has 1 aromatic carbocycles. The average molecular weight is 231 g/mol. The van der Waals surface area contributed by atoms with E-state index in [0.29, 0.717) is 0 Å². The molecule has 2 rings (SSSR count). The Bertz CT molecular complexity index is 511. The highest BCUT2D eigenvalue weighted by atomic mass is 15.1. The standard InChI is InChI=1S/C14H21N3/c1-5-10-7-8-11-12(9-10)17-13(16-11)14(3,4)15-6-2/h7-9,15H,5-6H2,1-4H3,(H,16,17). The van der Waals surface area contributed by atoms with Crippen molar-refractivity contribution in [3.63, 3.8) is 0 Å². The fourth-order valence-corrected chi connectivity index (χ4v) is 2.10. The quantitative estimate of drug-likeness (QED) is 0.849. The van der Waals surface area contributed by atoms with E-state index in [4.69, 9.17) is 0 Å². The fraction of sp³-hybridized carbons (Fsp3) is 0.500. The molecule has 3 nitrogen and oxygen atoms in total. The van der Waals surface area contributed by atoms with Gasteiger partial charge in [-0.1, -0.05) is 19.9 Å². The zero-order chi connectivity index (χ0) is 12.5. The van der Waals surface area contributed by atoms with Gasteiger partial charge in [0.15, 0.2) is 0 Å². The van der Waals surface area contributed by atoms with Gasteiger partial charge in [0.25, 0.3) is 0 Å². The van der Waals surface area contributed by atoms with Crippen LogP contribution in [0.2, 0.25) is 0 Å². The second-order valence-corrected chi connectivity index (χ2v) is 4.95. The molecule has 0 radical (unpaired) electrons. The van der Waals surface area contributed by atoms with Crippen molar-refractivity contribution in [1.29, 1.82) is 0 Å². The van der Waals surface area contributed by atoms with Crippen LogP contribution in [0, 0.1) is 0 Å². The molecule has 0 fully saturated rings. The van der Waals surface area contributed by atoms with E-state index in [1.807, 2.05) is 0 Å². The van der Waals surface area contributed by atoms with Gasteiger partial charge >= 0.3 is 0 Å². The third-order valence-electron chi connectivity index (χ3n) is 3.17. The van der Waals surface area contributed by atoms with Gasteiger partial charge in [-0.15, -0.1) is 0 Å². The molecule has 0 spiro atoms. The Morgan fingerprint density at radius 2 is 2.06 bits per heavy atom. The minimum atomic E-state index is -0.111. The molecule has 0 aliphatic heterocycles. The summed E-state index contributed by atoms with van der Waals surface area (Å²) in [4.78, 5) is 8.08. The van der Waals surface area contributed by atoms with Gasteiger partial charge < -0.3 is 10.3 Å². The zero-order valence-electron chi connectivity index (χ0n) is 11.1. The first-order chi connectivity index (χ1) is 8.06. The molecular formula is C14H21N3. The number of rotatable bonds is 4. The summed E-state index contributed by atoms with van der Waals surface area (Å²) in [5, 5.41) is 3.43. The van der Waals surface area contributed by atoms with Crippen LogP contribution in [-0.2, 0) is 12.0 Å². The fourth-order valence-electron chi connectivity index (χ4n) is 2.10. The number of nitrogens with zero attached hydrogens (tertiary/aromatic N) is 1. The first-order valence-corrected chi connectivity index (χ1v) is 6.31. The maximum Gasteiger partial charge on any atom is 0.127 e. The molecule has 0 amide bonds. The first kappa shape index (κ1) is 12.1. The van der Waals surface area contributed by atoms with Gasteiger partial charge in [0.1, 0.15) is 5.82 Å². The Labute approximate surface area is 103 Å². The van der Waals surface area contributed by atoms with Crippen LogP contribution in [-0.4, -0.2) is 16.5 Å². The summed E-state index contributed by atoms with van der Waals surface area (Å²) in [5.41, 5.74) is 3.41. The van der Waals surface area contributed by atoms with Crippen molar-refractivity contribution >= 4 is 11.0 Å². The number of fused-ring (bicyclic) bond motifs is 1. The summed E-state index contributed by atoms with van der Waals surface area (Å²) >= 11 is 0.